The molecule has 9 heteroatoms. The topological polar surface area (TPSA) is 74.0 Å². The molecule has 4 rings (SSSR count). The number of carbonyl (C=O) groups is 2. The Morgan fingerprint density at radius 2 is 1.73 bits per heavy atom. The van der Waals surface area contributed by atoms with Gasteiger partial charge in [-0.1, -0.05) is 13.8 Å². The van der Waals surface area contributed by atoms with Crippen LogP contribution in [0.5, 0.6) is 0 Å². The molecule has 1 aromatic heterocycles. The van der Waals surface area contributed by atoms with Crippen LogP contribution in [0.15, 0.2) is 36.4 Å². The van der Waals surface area contributed by atoms with Crippen LogP contribution in [0.4, 0.5) is 17.6 Å². The molecule has 33 heavy (non-hydrogen) atoms. The summed E-state index contributed by atoms with van der Waals surface area (Å²) >= 11 is 0. The molecule has 0 spiro atoms. The molecule has 5 nitrogen and oxygen atoms in total. The first-order chi connectivity index (χ1) is 15.9. The zero-order chi connectivity index (χ0) is 24.5. The summed E-state index contributed by atoms with van der Waals surface area (Å²) in [5.74, 6) is -2.45. The average Bonchev–Trinajstić information content (AvgIpc) is 3.39. The van der Waals surface area contributed by atoms with Crippen molar-refractivity contribution in [2.45, 2.75) is 39.2 Å². The van der Waals surface area contributed by atoms with Crippen LogP contribution in [-0.4, -0.2) is 36.6 Å². The first kappa shape index (κ1) is 25.9. The summed E-state index contributed by atoms with van der Waals surface area (Å²) in [6.07, 6.45) is 0.744. The van der Waals surface area contributed by atoms with Gasteiger partial charge in [0.25, 0.3) is 0 Å². The Bertz CT molecular complexity index is 1100. The predicted molar refractivity (Wildman–Crippen MR) is 120 cm³/mol. The number of hydrogen-bond donors (Lipinski definition) is 3. The van der Waals surface area contributed by atoms with E-state index < -0.39 is 23.5 Å². The number of alkyl halides is 1. The molecule has 1 fully saturated rings. The highest BCUT2D eigenvalue weighted by Crippen LogP contribution is 2.33. The Kier molecular flexibility index (Phi) is 9.44. The maximum atomic E-state index is 14.3. The fraction of sp³-hybridized carbons (Fsp3) is 0.333. The lowest BCUT2D eigenvalue weighted by Crippen LogP contribution is -2.40. The molecule has 0 saturated carbocycles. The van der Waals surface area contributed by atoms with Crippen LogP contribution in [0.25, 0.3) is 22.2 Å². The van der Waals surface area contributed by atoms with Crippen LogP contribution in [0.1, 0.15) is 32.3 Å². The minimum absolute atomic E-state index is 0.0308. The van der Waals surface area contributed by atoms with Crippen molar-refractivity contribution >= 4 is 22.7 Å². The van der Waals surface area contributed by atoms with Gasteiger partial charge in [0.15, 0.2) is 0 Å². The number of carbonyl (C=O) groups excluding carboxylic acids is 2. The van der Waals surface area contributed by atoms with E-state index in [1.54, 1.807) is 0 Å². The number of benzene rings is 2. The molecule has 3 aromatic rings. The molecule has 178 valence electrons. The van der Waals surface area contributed by atoms with E-state index in [-0.39, 0.29) is 30.2 Å². The van der Waals surface area contributed by atoms with E-state index in [0.29, 0.717) is 42.4 Å². The molecule has 2 heterocycles. The normalized spacial score (nSPS) is 14.6. The number of rotatable bonds is 5. The third-order valence-electron chi connectivity index (χ3n) is 5.05. The number of aromatic nitrogens is 1. The van der Waals surface area contributed by atoms with Crippen LogP contribution in [0, 0.1) is 17.5 Å². The van der Waals surface area contributed by atoms with Crippen molar-refractivity contribution in [2.24, 2.45) is 0 Å². The summed E-state index contributed by atoms with van der Waals surface area (Å²) in [6, 6.07) is 7.03. The van der Waals surface area contributed by atoms with Gasteiger partial charge >= 0.3 is 0 Å². The predicted octanol–water partition coefficient (Wildman–Crippen LogP) is 4.80. The van der Waals surface area contributed by atoms with Crippen molar-refractivity contribution in [3.8, 4) is 11.3 Å². The third kappa shape index (κ3) is 6.12. The Morgan fingerprint density at radius 1 is 1.06 bits per heavy atom. The standard InChI is InChI=1S/C21H18F3N3O2.C2H6.CH3F/c22-12-3-1-11(2-4-12)19-14(15-9-13(23)10-16(24)20(15)27-19)5-6-18(28)26-17-7-8-25-21(17)29;2*1-2/h1-4,9-10,17,27H,5-8H2,(H,25,29)(H,26,28);1-2H3;1H3. The second-order valence-electron chi connectivity index (χ2n) is 7.00. The molecule has 2 aromatic carbocycles. The van der Waals surface area contributed by atoms with Gasteiger partial charge in [-0.25, -0.2) is 13.2 Å². The summed E-state index contributed by atoms with van der Waals surface area (Å²) < 4.78 is 50.9. The van der Waals surface area contributed by atoms with E-state index in [4.69, 9.17) is 0 Å². The molecule has 3 N–H and O–H groups in total. The van der Waals surface area contributed by atoms with Crippen molar-refractivity contribution in [3.63, 3.8) is 0 Å². The minimum atomic E-state index is -0.748. The SMILES string of the molecule is CC.CF.O=C(CCc1c(-c2ccc(F)cc2)[nH]c2c(F)cc(F)cc12)NC1CCNC1=O. The van der Waals surface area contributed by atoms with Crippen molar-refractivity contribution in [3.05, 3.63) is 59.4 Å². The van der Waals surface area contributed by atoms with Gasteiger partial charge in [-0.2, -0.15) is 0 Å². The van der Waals surface area contributed by atoms with Crippen molar-refractivity contribution in [2.75, 3.05) is 13.7 Å². The summed E-state index contributed by atoms with van der Waals surface area (Å²) in [4.78, 5) is 26.9. The quantitative estimate of drug-likeness (QED) is 0.474. The number of aryl methyl sites for hydroxylation is 1. The molecule has 0 aliphatic carbocycles. The summed E-state index contributed by atoms with van der Waals surface area (Å²) in [7, 11) is 0.500. The Morgan fingerprint density at radius 3 is 2.33 bits per heavy atom. The van der Waals surface area contributed by atoms with Crippen LogP contribution >= 0.6 is 0 Å². The number of halogens is 4. The summed E-state index contributed by atoms with van der Waals surface area (Å²) in [5, 5.41) is 5.64. The zero-order valence-electron chi connectivity index (χ0n) is 18.7. The highest BCUT2D eigenvalue weighted by atomic mass is 19.1. The largest absolute Gasteiger partial charge is 0.354 e. The number of H-pyrrole nitrogens is 1. The Labute approximate surface area is 189 Å². The highest BCUT2D eigenvalue weighted by molar-refractivity contribution is 5.92. The van der Waals surface area contributed by atoms with Gasteiger partial charge in [0.05, 0.1) is 12.7 Å². The lowest BCUT2D eigenvalue weighted by molar-refractivity contribution is -0.127. The maximum absolute atomic E-state index is 14.3. The van der Waals surface area contributed by atoms with Gasteiger partial charge in [0, 0.05) is 30.1 Å². The van der Waals surface area contributed by atoms with Crippen LogP contribution in [0.2, 0.25) is 0 Å². The molecule has 0 bridgehead atoms. The number of hydrogen-bond acceptors (Lipinski definition) is 2. The van der Waals surface area contributed by atoms with E-state index in [0.717, 1.165) is 6.07 Å². The molecule has 0 radical (unpaired) electrons. The van der Waals surface area contributed by atoms with Crippen molar-refractivity contribution in [1.82, 2.24) is 15.6 Å². The fourth-order valence-corrected chi connectivity index (χ4v) is 3.63. The highest BCUT2D eigenvalue weighted by Gasteiger charge is 2.26. The summed E-state index contributed by atoms with van der Waals surface area (Å²) in [5.41, 5.74) is 1.76. The Balaban J connectivity index is 0.000000914. The smallest absolute Gasteiger partial charge is 0.242 e. The second kappa shape index (κ2) is 12.0. The lowest BCUT2D eigenvalue weighted by atomic mass is 10.0. The van der Waals surface area contributed by atoms with E-state index in [1.807, 2.05) is 13.8 Å². The first-order valence-electron chi connectivity index (χ1n) is 10.6. The maximum Gasteiger partial charge on any atom is 0.242 e. The second-order valence-corrected chi connectivity index (χ2v) is 7.00. The zero-order valence-corrected chi connectivity index (χ0v) is 18.7. The van der Waals surface area contributed by atoms with Crippen molar-refractivity contribution in [1.29, 1.82) is 0 Å². The minimum Gasteiger partial charge on any atom is -0.354 e. The lowest BCUT2D eigenvalue weighted by Gasteiger charge is -2.10. The number of nitrogens with one attached hydrogen (secondary N) is 3. The number of aromatic amines is 1. The van der Waals surface area contributed by atoms with Gasteiger partial charge in [-0.05, 0) is 54.3 Å². The molecule has 1 atom stereocenters. The number of amides is 2. The van der Waals surface area contributed by atoms with Crippen LogP contribution in [-0.2, 0) is 16.0 Å². The van der Waals surface area contributed by atoms with Gasteiger partial charge in [-0.15, -0.1) is 0 Å². The average molecular weight is 465 g/mol. The first-order valence-corrected chi connectivity index (χ1v) is 10.6. The van der Waals surface area contributed by atoms with Crippen LogP contribution in [0.3, 0.4) is 0 Å². The summed E-state index contributed by atoms with van der Waals surface area (Å²) in [6.45, 7) is 4.51. The molecule has 1 unspecified atom stereocenters. The van der Waals surface area contributed by atoms with Gasteiger partial charge in [-0.3, -0.25) is 14.0 Å². The van der Waals surface area contributed by atoms with Gasteiger partial charge < -0.3 is 15.6 Å². The van der Waals surface area contributed by atoms with E-state index >= 15 is 0 Å². The fourth-order valence-electron chi connectivity index (χ4n) is 3.63. The molecule has 1 saturated heterocycles. The molecular formula is C24H27F4N3O2. The third-order valence-corrected chi connectivity index (χ3v) is 5.05. The van der Waals surface area contributed by atoms with E-state index in [2.05, 4.69) is 15.6 Å². The van der Waals surface area contributed by atoms with Gasteiger partial charge in [0.1, 0.15) is 23.5 Å². The van der Waals surface area contributed by atoms with Crippen molar-refractivity contribution < 1.29 is 27.2 Å². The molecule has 2 amide bonds. The van der Waals surface area contributed by atoms with Gasteiger partial charge in [0.2, 0.25) is 11.8 Å². The molecule has 1 aliphatic rings. The van der Waals surface area contributed by atoms with Crippen LogP contribution < -0.4 is 10.6 Å². The van der Waals surface area contributed by atoms with E-state index in [9.17, 15) is 27.2 Å². The number of fused-ring (bicyclic) bond motifs is 1. The Hall–Kier alpha value is -3.36. The monoisotopic (exact) mass is 465 g/mol. The molecular weight excluding hydrogens is 438 g/mol. The van der Waals surface area contributed by atoms with E-state index in [1.165, 1.54) is 30.3 Å². The molecule has 1 aliphatic heterocycles.